The van der Waals surface area contributed by atoms with Crippen molar-refractivity contribution in [3.8, 4) is 0 Å². The summed E-state index contributed by atoms with van der Waals surface area (Å²) in [4.78, 5) is 20.9. The van der Waals surface area contributed by atoms with E-state index in [9.17, 15) is 14.9 Å². The van der Waals surface area contributed by atoms with Crippen LogP contribution >= 0.6 is 0 Å². The van der Waals surface area contributed by atoms with Crippen LogP contribution in [0.25, 0.3) is 0 Å². The van der Waals surface area contributed by atoms with Gasteiger partial charge in [-0.1, -0.05) is 25.0 Å². The van der Waals surface area contributed by atoms with Crippen LogP contribution in [0.1, 0.15) is 37.7 Å². The Bertz CT molecular complexity index is 448. The molecule has 0 unspecified atom stereocenters. The highest BCUT2D eigenvalue weighted by molar-refractivity contribution is 5.74. The first-order chi connectivity index (χ1) is 10.1. The average Bonchev–Trinajstić information content (AvgIpc) is 2.50. The molecule has 0 heterocycles. The van der Waals surface area contributed by atoms with Gasteiger partial charge in [0.1, 0.15) is 0 Å². The van der Waals surface area contributed by atoms with Crippen LogP contribution in [0.2, 0.25) is 0 Å². The van der Waals surface area contributed by atoms with Crippen LogP contribution in [-0.2, 0) is 11.3 Å². The number of nitro groups is 1. The zero-order chi connectivity index (χ0) is 15.5. The standard InChI is InChI=1S/C14H21N3O4/c18-14(16-19)5-3-1-2-4-10-15-11-12-6-8-13(9-7-12)17(20)21/h6-9,15,19H,1-5,10-11H2,(H,16,18). The maximum atomic E-state index is 10.8. The molecular formula is C14H21N3O4. The highest BCUT2D eigenvalue weighted by Gasteiger charge is 2.03. The summed E-state index contributed by atoms with van der Waals surface area (Å²) >= 11 is 0. The minimum atomic E-state index is -0.408. The molecule has 0 bridgehead atoms. The second-order valence-electron chi connectivity index (χ2n) is 4.80. The molecule has 1 aromatic rings. The number of non-ortho nitro benzene ring substituents is 1. The van der Waals surface area contributed by atoms with Gasteiger partial charge in [0.25, 0.3) is 5.69 Å². The number of unbranched alkanes of at least 4 members (excludes halogenated alkanes) is 3. The molecule has 7 nitrogen and oxygen atoms in total. The summed E-state index contributed by atoms with van der Waals surface area (Å²) in [5.41, 5.74) is 2.73. The van der Waals surface area contributed by atoms with E-state index in [-0.39, 0.29) is 11.6 Å². The molecule has 1 rings (SSSR count). The highest BCUT2D eigenvalue weighted by atomic mass is 16.6. The first kappa shape index (κ1) is 17.1. The summed E-state index contributed by atoms with van der Waals surface area (Å²) in [6, 6.07) is 6.50. The van der Waals surface area contributed by atoms with E-state index < -0.39 is 4.92 Å². The van der Waals surface area contributed by atoms with Crippen LogP contribution in [0, 0.1) is 10.1 Å². The number of carbonyl (C=O) groups excluding carboxylic acids is 1. The Morgan fingerprint density at radius 1 is 1.14 bits per heavy atom. The maximum Gasteiger partial charge on any atom is 0.269 e. The van der Waals surface area contributed by atoms with E-state index in [4.69, 9.17) is 5.21 Å². The van der Waals surface area contributed by atoms with E-state index in [2.05, 4.69) is 5.32 Å². The molecule has 0 radical (unpaired) electrons. The van der Waals surface area contributed by atoms with Gasteiger partial charge < -0.3 is 5.32 Å². The van der Waals surface area contributed by atoms with Crippen LogP contribution in [-0.4, -0.2) is 22.6 Å². The molecule has 0 aliphatic heterocycles. The molecule has 3 N–H and O–H groups in total. The van der Waals surface area contributed by atoms with Gasteiger partial charge in [0.2, 0.25) is 5.91 Å². The molecule has 0 fully saturated rings. The summed E-state index contributed by atoms with van der Waals surface area (Å²) in [6.45, 7) is 1.55. The van der Waals surface area contributed by atoms with Crippen molar-refractivity contribution in [2.45, 2.75) is 38.6 Å². The zero-order valence-electron chi connectivity index (χ0n) is 11.9. The molecular weight excluding hydrogens is 274 g/mol. The largest absolute Gasteiger partial charge is 0.313 e. The minimum absolute atomic E-state index is 0.102. The lowest BCUT2D eigenvalue weighted by molar-refractivity contribution is -0.384. The molecule has 0 aliphatic rings. The van der Waals surface area contributed by atoms with E-state index in [1.807, 2.05) is 0 Å². The Kier molecular flexibility index (Phi) is 8.00. The van der Waals surface area contributed by atoms with Crippen molar-refractivity contribution in [2.75, 3.05) is 6.54 Å². The van der Waals surface area contributed by atoms with E-state index >= 15 is 0 Å². The molecule has 0 saturated carbocycles. The summed E-state index contributed by atoms with van der Waals surface area (Å²) in [7, 11) is 0. The molecule has 1 amide bonds. The van der Waals surface area contributed by atoms with E-state index in [0.717, 1.165) is 37.8 Å². The summed E-state index contributed by atoms with van der Waals surface area (Å²) in [5.74, 6) is -0.341. The zero-order valence-corrected chi connectivity index (χ0v) is 11.9. The topological polar surface area (TPSA) is 104 Å². The van der Waals surface area contributed by atoms with Gasteiger partial charge in [0, 0.05) is 25.1 Å². The number of benzene rings is 1. The summed E-state index contributed by atoms with van der Waals surface area (Å²) in [6.07, 6.45) is 4.10. The molecule has 1 aromatic carbocycles. The number of hydrogen-bond donors (Lipinski definition) is 3. The highest BCUT2D eigenvalue weighted by Crippen LogP contribution is 2.11. The SMILES string of the molecule is O=C(CCCCCCNCc1ccc([N+](=O)[O-])cc1)NO. The number of rotatable bonds is 10. The maximum absolute atomic E-state index is 10.8. The van der Waals surface area contributed by atoms with E-state index in [0.29, 0.717) is 13.0 Å². The quantitative estimate of drug-likeness (QED) is 0.265. The lowest BCUT2D eigenvalue weighted by Gasteiger charge is -2.05. The molecule has 0 atom stereocenters. The van der Waals surface area contributed by atoms with Gasteiger partial charge in [-0.25, -0.2) is 5.48 Å². The molecule has 0 spiro atoms. The molecule has 7 heteroatoms. The lowest BCUT2D eigenvalue weighted by atomic mass is 10.1. The van der Waals surface area contributed by atoms with Crippen LogP contribution in [0.3, 0.4) is 0 Å². The van der Waals surface area contributed by atoms with E-state index in [1.54, 1.807) is 17.6 Å². The van der Waals surface area contributed by atoms with Crippen molar-refractivity contribution >= 4 is 11.6 Å². The van der Waals surface area contributed by atoms with Gasteiger partial charge in [-0.2, -0.15) is 0 Å². The molecule has 21 heavy (non-hydrogen) atoms. The third kappa shape index (κ3) is 7.38. The number of carbonyl (C=O) groups is 1. The van der Waals surface area contributed by atoms with E-state index in [1.165, 1.54) is 12.1 Å². The summed E-state index contributed by atoms with van der Waals surface area (Å²) < 4.78 is 0. The third-order valence-electron chi connectivity index (χ3n) is 3.11. The Morgan fingerprint density at radius 3 is 2.43 bits per heavy atom. The van der Waals surface area contributed by atoms with Gasteiger partial charge in [-0.05, 0) is 24.9 Å². The molecule has 0 saturated heterocycles. The minimum Gasteiger partial charge on any atom is -0.313 e. The lowest BCUT2D eigenvalue weighted by Crippen LogP contribution is -2.17. The Labute approximate surface area is 123 Å². The van der Waals surface area contributed by atoms with Crippen LogP contribution in [0.5, 0.6) is 0 Å². The number of nitrogens with zero attached hydrogens (tertiary/aromatic N) is 1. The fraction of sp³-hybridized carbons (Fsp3) is 0.500. The molecule has 0 aromatic heterocycles. The van der Waals surface area contributed by atoms with Crippen molar-refractivity contribution in [3.05, 3.63) is 39.9 Å². The first-order valence-corrected chi connectivity index (χ1v) is 7.00. The van der Waals surface area contributed by atoms with Crippen molar-refractivity contribution in [1.29, 1.82) is 0 Å². The fourth-order valence-corrected chi connectivity index (χ4v) is 1.91. The van der Waals surface area contributed by atoms with Crippen molar-refractivity contribution in [2.24, 2.45) is 0 Å². The number of hydroxylamine groups is 1. The smallest absolute Gasteiger partial charge is 0.269 e. The Morgan fingerprint density at radius 2 is 1.81 bits per heavy atom. The summed E-state index contributed by atoms with van der Waals surface area (Å²) in [5, 5.41) is 22.1. The molecule has 0 aliphatic carbocycles. The van der Waals surface area contributed by atoms with Crippen molar-refractivity contribution in [1.82, 2.24) is 10.8 Å². The number of nitro benzene ring substituents is 1. The van der Waals surface area contributed by atoms with Gasteiger partial charge in [-0.3, -0.25) is 20.1 Å². The second kappa shape index (κ2) is 9.84. The van der Waals surface area contributed by atoms with Crippen molar-refractivity contribution in [3.63, 3.8) is 0 Å². The Balaban J connectivity index is 2.04. The number of amides is 1. The van der Waals surface area contributed by atoms with Gasteiger partial charge in [-0.15, -0.1) is 0 Å². The van der Waals surface area contributed by atoms with Gasteiger partial charge >= 0.3 is 0 Å². The molecule has 116 valence electrons. The number of hydrogen-bond acceptors (Lipinski definition) is 5. The predicted molar refractivity (Wildman–Crippen MR) is 77.8 cm³/mol. The van der Waals surface area contributed by atoms with Crippen molar-refractivity contribution < 1.29 is 14.9 Å². The normalized spacial score (nSPS) is 10.3. The second-order valence-corrected chi connectivity index (χ2v) is 4.80. The van der Waals surface area contributed by atoms with Gasteiger partial charge in [0.05, 0.1) is 4.92 Å². The van der Waals surface area contributed by atoms with Gasteiger partial charge in [0.15, 0.2) is 0 Å². The first-order valence-electron chi connectivity index (χ1n) is 7.00. The Hall–Kier alpha value is -1.99. The monoisotopic (exact) mass is 295 g/mol. The van der Waals surface area contributed by atoms with Crippen LogP contribution in [0.4, 0.5) is 5.69 Å². The van der Waals surface area contributed by atoms with Crippen LogP contribution < -0.4 is 10.8 Å². The fourth-order valence-electron chi connectivity index (χ4n) is 1.91. The van der Waals surface area contributed by atoms with Crippen LogP contribution in [0.15, 0.2) is 24.3 Å². The number of nitrogens with one attached hydrogen (secondary N) is 2. The third-order valence-corrected chi connectivity index (χ3v) is 3.11. The predicted octanol–water partition coefficient (Wildman–Crippen LogP) is 2.14. The average molecular weight is 295 g/mol.